The molecule has 0 saturated heterocycles. The summed E-state index contributed by atoms with van der Waals surface area (Å²) in [6, 6.07) is 4.24. The highest BCUT2D eigenvalue weighted by Gasteiger charge is 2.37. The van der Waals surface area contributed by atoms with Crippen LogP contribution in [0.3, 0.4) is 0 Å². The molecule has 30 heavy (non-hydrogen) atoms. The fraction of sp³-hybridized carbons (Fsp3) is 0.435. The fourth-order valence-corrected chi connectivity index (χ4v) is 3.83. The molecule has 0 heterocycles. The van der Waals surface area contributed by atoms with Crippen LogP contribution < -0.4 is 0 Å². The van der Waals surface area contributed by atoms with Crippen LogP contribution in [-0.2, 0) is 22.1 Å². The van der Waals surface area contributed by atoms with Crippen LogP contribution in [0.5, 0.6) is 0 Å². The summed E-state index contributed by atoms with van der Waals surface area (Å²) in [5.74, 6) is -3.05. The number of hydrogen-bond donors (Lipinski definition) is 0. The summed E-state index contributed by atoms with van der Waals surface area (Å²) < 4.78 is 75.2. The highest BCUT2D eigenvalue weighted by atomic mass is 19.4. The van der Waals surface area contributed by atoms with Crippen LogP contribution in [0.2, 0.25) is 0 Å². The zero-order chi connectivity index (χ0) is 22.2. The lowest BCUT2D eigenvalue weighted by molar-refractivity contribution is -0.143. The second-order valence-corrected chi connectivity index (χ2v) is 7.68. The Morgan fingerprint density at radius 2 is 1.67 bits per heavy atom. The van der Waals surface area contributed by atoms with E-state index in [0.717, 1.165) is 18.4 Å². The largest absolute Gasteiger partial charge is 0.466 e. The summed E-state index contributed by atoms with van der Waals surface area (Å²) in [5, 5.41) is 0. The lowest BCUT2D eigenvalue weighted by Gasteiger charge is -2.19. The van der Waals surface area contributed by atoms with Crippen LogP contribution in [0.1, 0.15) is 59.9 Å². The summed E-state index contributed by atoms with van der Waals surface area (Å²) in [4.78, 5) is 11.6. The molecule has 0 bridgehead atoms. The highest BCUT2D eigenvalue weighted by molar-refractivity contribution is 5.74. The molecule has 1 saturated carbocycles. The van der Waals surface area contributed by atoms with Gasteiger partial charge in [-0.15, -0.1) is 0 Å². The number of benzene rings is 2. The smallest absolute Gasteiger partial charge is 0.419 e. The zero-order valence-electron chi connectivity index (χ0n) is 17.1. The maximum absolute atomic E-state index is 15.3. The summed E-state index contributed by atoms with van der Waals surface area (Å²) in [7, 11) is 0. The van der Waals surface area contributed by atoms with Crippen molar-refractivity contribution in [1.82, 2.24) is 0 Å². The van der Waals surface area contributed by atoms with Crippen molar-refractivity contribution in [3.8, 4) is 11.1 Å². The molecule has 7 heteroatoms. The SMILES string of the molecule is CCOC(=O)CCc1c(F)c(-c2c(C)cc(C3CC3)cc2C)cc(C(F)(F)F)c1F. The van der Waals surface area contributed by atoms with E-state index in [1.54, 1.807) is 20.8 Å². The molecule has 2 aromatic rings. The number of hydrogen-bond acceptors (Lipinski definition) is 2. The van der Waals surface area contributed by atoms with Gasteiger partial charge in [-0.2, -0.15) is 13.2 Å². The van der Waals surface area contributed by atoms with Crippen LogP contribution in [0.15, 0.2) is 18.2 Å². The standard InChI is InChI=1S/C23H23F5O2/c1-4-30-19(29)8-7-16-21(24)17(11-18(22(16)25)23(26,27)28)20-12(2)9-15(10-13(20)3)14-5-6-14/h9-11,14H,4-8H2,1-3H3. The average molecular weight is 426 g/mol. The van der Waals surface area contributed by atoms with E-state index in [4.69, 9.17) is 4.74 Å². The Kier molecular flexibility index (Phi) is 6.20. The number of carbonyl (C=O) groups is 1. The first-order valence-corrected chi connectivity index (χ1v) is 9.89. The molecule has 1 fully saturated rings. The minimum absolute atomic E-state index is 0.0728. The van der Waals surface area contributed by atoms with Gasteiger partial charge in [0.15, 0.2) is 0 Å². The van der Waals surface area contributed by atoms with Crippen molar-refractivity contribution in [3.05, 3.63) is 57.7 Å². The van der Waals surface area contributed by atoms with Crippen molar-refractivity contribution in [2.45, 2.75) is 58.5 Å². The first-order chi connectivity index (χ1) is 14.0. The first kappa shape index (κ1) is 22.2. The number of aryl methyl sites for hydroxylation is 2. The molecule has 0 aromatic heterocycles. The Hall–Kier alpha value is -2.44. The number of carbonyl (C=O) groups excluding carboxylic acids is 1. The number of halogens is 5. The van der Waals surface area contributed by atoms with Gasteiger partial charge < -0.3 is 4.74 Å². The van der Waals surface area contributed by atoms with E-state index in [1.165, 1.54) is 0 Å². The third-order valence-corrected chi connectivity index (χ3v) is 5.35. The van der Waals surface area contributed by atoms with E-state index in [9.17, 15) is 22.4 Å². The van der Waals surface area contributed by atoms with E-state index in [-0.39, 0.29) is 12.2 Å². The number of ether oxygens (including phenoxy) is 1. The fourth-order valence-electron chi connectivity index (χ4n) is 3.83. The topological polar surface area (TPSA) is 26.3 Å². The molecule has 3 rings (SSSR count). The number of rotatable bonds is 6. The highest BCUT2D eigenvalue weighted by Crippen LogP contribution is 2.44. The van der Waals surface area contributed by atoms with Crippen molar-refractivity contribution in [1.29, 1.82) is 0 Å². The quantitative estimate of drug-likeness (QED) is 0.382. The molecule has 0 spiro atoms. The molecule has 2 aromatic carbocycles. The monoisotopic (exact) mass is 426 g/mol. The molecule has 2 nitrogen and oxygen atoms in total. The molecule has 0 unspecified atom stereocenters. The van der Waals surface area contributed by atoms with Gasteiger partial charge in [-0.25, -0.2) is 8.78 Å². The molecule has 162 valence electrons. The number of alkyl halides is 3. The van der Waals surface area contributed by atoms with Gasteiger partial charge >= 0.3 is 12.1 Å². The third kappa shape index (κ3) is 4.50. The molecule has 0 radical (unpaired) electrons. The maximum Gasteiger partial charge on any atom is 0.419 e. The molecular formula is C23H23F5O2. The second-order valence-electron chi connectivity index (χ2n) is 7.68. The van der Waals surface area contributed by atoms with Crippen molar-refractivity contribution >= 4 is 5.97 Å². The Balaban J connectivity index is 2.15. The molecule has 0 N–H and O–H groups in total. The summed E-state index contributed by atoms with van der Waals surface area (Å²) in [6.07, 6.45) is -3.83. The molecule has 0 amide bonds. The van der Waals surface area contributed by atoms with Gasteiger partial charge in [0.05, 0.1) is 12.2 Å². The van der Waals surface area contributed by atoms with Gasteiger partial charge in [-0.05, 0) is 74.3 Å². The van der Waals surface area contributed by atoms with Crippen molar-refractivity contribution < 1.29 is 31.5 Å². The van der Waals surface area contributed by atoms with Gasteiger partial charge in [-0.3, -0.25) is 4.79 Å². The Bertz CT molecular complexity index is 952. The van der Waals surface area contributed by atoms with E-state index < -0.39 is 47.7 Å². The van der Waals surface area contributed by atoms with Crippen molar-refractivity contribution in [2.24, 2.45) is 0 Å². The van der Waals surface area contributed by atoms with Gasteiger partial charge in [0.1, 0.15) is 11.6 Å². The van der Waals surface area contributed by atoms with E-state index in [0.29, 0.717) is 28.7 Å². The minimum Gasteiger partial charge on any atom is -0.466 e. The lowest BCUT2D eigenvalue weighted by Crippen LogP contribution is -2.14. The molecule has 0 aliphatic heterocycles. The summed E-state index contributed by atoms with van der Waals surface area (Å²) >= 11 is 0. The van der Waals surface area contributed by atoms with E-state index in [1.807, 2.05) is 12.1 Å². The summed E-state index contributed by atoms with van der Waals surface area (Å²) in [5.41, 5.74) is 0.0640. The summed E-state index contributed by atoms with van der Waals surface area (Å²) in [6.45, 7) is 5.06. The van der Waals surface area contributed by atoms with Gasteiger partial charge in [0.25, 0.3) is 0 Å². The van der Waals surface area contributed by atoms with E-state index in [2.05, 4.69) is 0 Å². The van der Waals surface area contributed by atoms with Crippen LogP contribution >= 0.6 is 0 Å². The molecular weight excluding hydrogens is 403 g/mol. The third-order valence-electron chi connectivity index (χ3n) is 5.35. The van der Waals surface area contributed by atoms with Gasteiger partial charge in [0.2, 0.25) is 0 Å². The molecule has 0 atom stereocenters. The van der Waals surface area contributed by atoms with Gasteiger partial charge in [-0.1, -0.05) is 12.1 Å². The van der Waals surface area contributed by atoms with Gasteiger partial charge in [0, 0.05) is 17.5 Å². The van der Waals surface area contributed by atoms with Crippen LogP contribution in [0.25, 0.3) is 11.1 Å². The predicted molar refractivity (Wildman–Crippen MR) is 103 cm³/mol. The zero-order valence-corrected chi connectivity index (χ0v) is 17.1. The van der Waals surface area contributed by atoms with E-state index >= 15 is 4.39 Å². The van der Waals surface area contributed by atoms with Crippen LogP contribution in [0, 0.1) is 25.5 Å². The lowest BCUT2D eigenvalue weighted by atomic mass is 9.89. The normalized spacial score (nSPS) is 14.1. The Labute approximate surface area is 172 Å². The molecule has 1 aliphatic carbocycles. The maximum atomic E-state index is 15.3. The Morgan fingerprint density at radius 3 is 2.17 bits per heavy atom. The van der Waals surface area contributed by atoms with Crippen molar-refractivity contribution in [2.75, 3.05) is 6.61 Å². The predicted octanol–water partition coefficient (Wildman–Crippen LogP) is 6.64. The van der Waals surface area contributed by atoms with Crippen LogP contribution in [-0.4, -0.2) is 12.6 Å². The van der Waals surface area contributed by atoms with Crippen LogP contribution in [0.4, 0.5) is 22.0 Å². The minimum atomic E-state index is -5.00. The first-order valence-electron chi connectivity index (χ1n) is 9.89. The second kappa shape index (κ2) is 8.36. The average Bonchev–Trinajstić information content (AvgIpc) is 3.47. The molecule has 1 aliphatic rings. The van der Waals surface area contributed by atoms with Crippen molar-refractivity contribution in [3.63, 3.8) is 0 Å². The Morgan fingerprint density at radius 1 is 1.07 bits per heavy atom. The number of esters is 1.